The molecule has 0 aliphatic carbocycles. The second-order valence-electron chi connectivity index (χ2n) is 4.31. The van der Waals surface area contributed by atoms with Crippen LogP contribution < -0.4 is 10.5 Å². The third-order valence-corrected chi connectivity index (χ3v) is 4.08. The van der Waals surface area contributed by atoms with Gasteiger partial charge in [-0.15, -0.1) is 11.3 Å². The molecule has 2 heterocycles. The Morgan fingerprint density at radius 2 is 1.95 bits per heavy atom. The van der Waals surface area contributed by atoms with E-state index in [1.54, 1.807) is 23.9 Å². The lowest BCUT2D eigenvalue weighted by atomic mass is 10.1. The van der Waals surface area contributed by atoms with Gasteiger partial charge in [-0.1, -0.05) is 30.3 Å². The van der Waals surface area contributed by atoms with Gasteiger partial charge in [0.05, 0.1) is 34.6 Å². The molecule has 4 heteroatoms. The number of anilines is 1. The fourth-order valence-electron chi connectivity index (χ4n) is 2.17. The van der Waals surface area contributed by atoms with E-state index >= 15 is 0 Å². The minimum Gasteiger partial charge on any atom is -0.492 e. The molecule has 20 heavy (non-hydrogen) atoms. The van der Waals surface area contributed by atoms with E-state index in [1.807, 2.05) is 31.2 Å². The van der Waals surface area contributed by atoms with Gasteiger partial charge in [0, 0.05) is 5.56 Å². The topological polar surface area (TPSA) is 48.4 Å². The van der Waals surface area contributed by atoms with Crippen LogP contribution in [0.3, 0.4) is 0 Å². The predicted molar refractivity (Wildman–Crippen MR) is 83.0 cm³/mol. The van der Waals surface area contributed by atoms with E-state index in [2.05, 4.69) is 12.1 Å². The number of hydrogen-bond donors (Lipinski definition) is 1. The average molecular weight is 285 g/mol. The Morgan fingerprint density at radius 3 is 2.60 bits per heavy atom. The molecule has 0 saturated heterocycles. The van der Waals surface area contributed by atoms with E-state index in [1.165, 1.54) is 0 Å². The van der Waals surface area contributed by atoms with E-state index in [9.17, 15) is 0 Å². The molecule has 2 aromatic heterocycles. The van der Waals surface area contributed by atoms with Crippen LogP contribution in [0, 0.1) is 0 Å². The minimum atomic E-state index is 0.598. The van der Waals surface area contributed by atoms with Gasteiger partial charge in [0.1, 0.15) is 5.75 Å². The molecule has 0 saturated carbocycles. The van der Waals surface area contributed by atoms with Crippen LogP contribution in [0.2, 0.25) is 0 Å². The first kappa shape index (κ1) is 12.8. The molecule has 0 spiro atoms. The maximum atomic E-state index is 6.20. The summed E-state index contributed by atoms with van der Waals surface area (Å²) in [5, 5.41) is 0.744. The van der Waals surface area contributed by atoms with Crippen molar-refractivity contribution in [3.8, 4) is 27.3 Å². The van der Waals surface area contributed by atoms with Crippen LogP contribution in [-0.2, 0) is 0 Å². The van der Waals surface area contributed by atoms with Crippen molar-refractivity contribution in [1.29, 1.82) is 0 Å². The highest BCUT2D eigenvalue weighted by atomic mass is 32.1. The highest BCUT2D eigenvalue weighted by Crippen LogP contribution is 2.49. The average Bonchev–Trinajstić information content (AvgIpc) is 3.08. The quantitative estimate of drug-likeness (QED) is 0.758. The van der Waals surface area contributed by atoms with Crippen LogP contribution >= 0.6 is 11.3 Å². The number of thiophene rings is 1. The van der Waals surface area contributed by atoms with Crippen LogP contribution in [0.25, 0.3) is 21.6 Å². The lowest BCUT2D eigenvalue weighted by Gasteiger charge is -2.07. The van der Waals surface area contributed by atoms with Crippen molar-refractivity contribution in [3.05, 3.63) is 48.9 Å². The molecule has 3 aromatic rings. The Kier molecular flexibility index (Phi) is 3.48. The molecule has 0 aliphatic rings. The van der Waals surface area contributed by atoms with Crippen LogP contribution in [0.4, 0.5) is 5.00 Å². The smallest absolute Gasteiger partial charge is 0.147 e. The van der Waals surface area contributed by atoms with Gasteiger partial charge >= 0.3 is 0 Å². The molecule has 3 nitrogen and oxygen atoms in total. The molecule has 0 atom stereocenters. The molecule has 0 aliphatic heterocycles. The summed E-state index contributed by atoms with van der Waals surface area (Å²) in [5.41, 5.74) is 9.18. The van der Waals surface area contributed by atoms with Gasteiger partial charge in [-0.2, -0.15) is 0 Å². The van der Waals surface area contributed by atoms with Gasteiger partial charge in [-0.05, 0) is 18.6 Å². The van der Waals surface area contributed by atoms with Crippen molar-refractivity contribution in [3.63, 3.8) is 0 Å². The Bertz CT molecular complexity index is 687. The maximum Gasteiger partial charge on any atom is 0.147 e. The first-order valence-corrected chi connectivity index (χ1v) is 7.26. The van der Waals surface area contributed by atoms with Gasteiger partial charge in [0.2, 0.25) is 0 Å². The largest absolute Gasteiger partial charge is 0.492 e. The Morgan fingerprint density at radius 1 is 1.15 bits per heavy atom. The van der Waals surface area contributed by atoms with Gasteiger partial charge in [0.15, 0.2) is 0 Å². The fraction of sp³-hybridized carbons (Fsp3) is 0.125. The Labute approximate surface area is 121 Å². The molecule has 2 N–H and O–H groups in total. The standard InChI is InChI=1S/C16H15NO2S/c1-2-19-14-13(12-8-9-18-10-12)16(17)20-15(14)11-6-4-3-5-7-11/h3-10H,2,17H2,1H3. The first-order valence-electron chi connectivity index (χ1n) is 6.44. The zero-order valence-corrected chi connectivity index (χ0v) is 11.9. The predicted octanol–water partition coefficient (Wildman–Crippen LogP) is 4.66. The summed E-state index contributed by atoms with van der Waals surface area (Å²) in [6, 6.07) is 12.0. The normalized spacial score (nSPS) is 10.7. The SMILES string of the molecule is CCOc1c(-c2ccccc2)sc(N)c1-c1ccoc1. The van der Waals surface area contributed by atoms with Crippen molar-refractivity contribution >= 4 is 16.3 Å². The second-order valence-corrected chi connectivity index (χ2v) is 5.36. The summed E-state index contributed by atoms with van der Waals surface area (Å²) in [4.78, 5) is 1.06. The van der Waals surface area contributed by atoms with Crippen LogP contribution in [0.15, 0.2) is 53.3 Å². The third kappa shape index (κ3) is 2.18. The number of nitrogens with two attached hydrogens (primary N) is 1. The maximum absolute atomic E-state index is 6.20. The van der Waals surface area contributed by atoms with Crippen LogP contribution in [0.5, 0.6) is 5.75 Å². The van der Waals surface area contributed by atoms with Crippen molar-refractivity contribution in [2.75, 3.05) is 12.3 Å². The number of nitrogen functional groups attached to an aromatic ring is 1. The molecule has 0 fully saturated rings. The molecular weight excluding hydrogens is 270 g/mol. The third-order valence-electron chi connectivity index (χ3n) is 3.03. The molecular formula is C16H15NO2S. The molecule has 1 aromatic carbocycles. The molecule has 0 unspecified atom stereocenters. The van der Waals surface area contributed by atoms with E-state index in [4.69, 9.17) is 14.9 Å². The van der Waals surface area contributed by atoms with E-state index < -0.39 is 0 Å². The van der Waals surface area contributed by atoms with Crippen LogP contribution in [-0.4, -0.2) is 6.61 Å². The van der Waals surface area contributed by atoms with Crippen molar-refractivity contribution in [2.45, 2.75) is 6.92 Å². The summed E-state index contributed by atoms with van der Waals surface area (Å²) in [7, 11) is 0. The lowest BCUT2D eigenvalue weighted by Crippen LogP contribution is -1.94. The highest BCUT2D eigenvalue weighted by molar-refractivity contribution is 7.20. The zero-order chi connectivity index (χ0) is 13.9. The van der Waals surface area contributed by atoms with Crippen molar-refractivity contribution in [2.24, 2.45) is 0 Å². The monoisotopic (exact) mass is 285 g/mol. The summed E-state index contributed by atoms with van der Waals surface area (Å²) >= 11 is 1.54. The molecule has 3 rings (SSSR count). The molecule has 0 radical (unpaired) electrons. The number of furan rings is 1. The molecule has 0 amide bonds. The summed E-state index contributed by atoms with van der Waals surface area (Å²) in [5.74, 6) is 0.836. The van der Waals surface area contributed by atoms with E-state index in [-0.39, 0.29) is 0 Å². The molecule has 102 valence electrons. The van der Waals surface area contributed by atoms with Crippen LogP contribution in [0.1, 0.15) is 6.92 Å². The van der Waals surface area contributed by atoms with Gasteiger partial charge in [0.25, 0.3) is 0 Å². The van der Waals surface area contributed by atoms with Crippen molar-refractivity contribution in [1.82, 2.24) is 0 Å². The lowest BCUT2D eigenvalue weighted by molar-refractivity contribution is 0.344. The summed E-state index contributed by atoms with van der Waals surface area (Å²) in [6.45, 7) is 2.57. The first-order chi connectivity index (χ1) is 9.81. The summed E-state index contributed by atoms with van der Waals surface area (Å²) < 4.78 is 11.0. The number of hydrogen-bond acceptors (Lipinski definition) is 4. The van der Waals surface area contributed by atoms with E-state index in [0.29, 0.717) is 6.61 Å². The molecule has 0 bridgehead atoms. The fourth-order valence-corrected chi connectivity index (χ4v) is 3.21. The number of ether oxygens (including phenoxy) is 1. The highest BCUT2D eigenvalue weighted by Gasteiger charge is 2.21. The Balaban J connectivity index is 2.19. The van der Waals surface area contributed by atoms with Gasteiger partial charge < -0.3 is 14.9 Å². The number of rotatable bonds is 4. The second kappa shape index (κ2) is 5.43. The number of benzene rings is 1. The van der Waals surface area contributed by atoms with Crippen molar-refractivity contribution < 1.29 is 9.15 Å². The zero-order valence-electron chi connectivity index (χ0n) is 11.1. The Hall–Kier alpha value is -2.20. The van der Waals surface area contributed by atoms with Gasteiger partial charge in [-0.25, -0.2) is 0 Å². The minimum absolute atomic E-state index is 0.598. The van der Waals surface area contributed by atoms with E-state index in [0.717, 1.165) is 32.3 Å². The van der Waals surface area contributed by atoms with Gasteiger partial charge in [-0.3, -0.25) is 0 Å². The summed E-state index contributed by atoms with van der Waals surface area (Å²) in [6.07, 6.45) is 3.33.